The van der Waals surface area contributed by atoms with Crippen LogP contribution in [-0.2, 0) is 6.67 Å². The van der Waals surface area contributed by atoms with Gasteiger partial charge in [0.1, 0.15) is 0 Å². The molecule has 2 heterocycles. The molecule has 0 radical (unpaired) electrons. The summed E-state index contributed by atoms with van der Waals surface area (Å²) in [6.07, 6.45) is 0. The Bertz CT molecular complexity index is 551. The molecule has 0 amide bonds. The quantitative estimate of drug-likeness (QED) is 0.500. The van der Waals surface area contributed by atoms with Gasteiger partial charge < -0.3 is 4.90 Å². The Morgan fingerprint density at radius 3 is 2.81 bits per heavy atom. The first kappa shape index (κ1) is 9.67. The van der Waals surface area contributed by atoms with E-state index in [0.717, 1.165) is 11.8 Å². The number of fused-ring (bicyclic) bond motifs is 3. The van der Waals surface area contributed by atoms with Gasteiger partial charge in [-0.15, -0.1) is 0 Å². The molecule has 0 saturated carbocycles. The van der Waals surface area contributed by atoms with Gasteiger partial charge in [-0.1, -0.05) is 12.1 Å². The molecule has 1 aromatic carbocycles. The van der Waals surface area contributed by atoms with Crippen molar-refractivity contribution in [3.63, 3.8) is 0 Å². The van der Waals surface area contributed by atoms with Gasteiger partial charge in [-0.2, -0.15) is 4.57 Å². The Balaban J connectivity index is 2.32. The number of nitrogens with zero attached hydrogens (tertiary/aromatic N) is 2. The van der Waals surface area contributed by atoms with E-state index < -0.39 is 0 Å². The van der Waals surface area contributed by atoms with Gasteiger partial charge in [-0.25, -0.2) is 0 Å². The fourth-order valence-electron chi connectivity index (χ4n) is 2.20. The Kier molecular flexibility index (Phi) is 2.11. The molecule has 1 aromatic heterocycles. The lowest BCUT2D eigenvalue weighted by atomic mass is 10.1. The highest BCUT2D eigenvalue weighted by Crippen LogP contribution is 2.31. The van der Waals surface area contributed by atoms with Gasteiger partial charge in [-0.3, -0.25) is 0 Å². The summed E-state index contributed by atoms with van der Waals surface area (Å²) < 4.78 is 2.11. The highest BCUT2D eigenvalue weighted by molar-refractivity contribution is 6.28. The summed E-state index contributed by atoms with van der Waals surface area (Å²) in [4.78, 5) is 2.20. The maximum Gasteiger partial charge on any atom is 0.276 e. The van der Waals surface area contributed by atoms with Crippen molar-refractivity contribution < 1.29 is 4.57 Å². The summed E-state index contributed by atoms with van der Waals surface area (Å²) in [7, 11) is 2.08. The summed E-state index contributed by atoms with van der Waals surface area (Å²) in [6.45, 7) is 0.798. The van der Waals surface area contributed by atoms with Crippen LogP contribution in [0.3, 0.4) is 0 Å². The van der Waals surface area contributed by atoms with Gasteiger partial charge >= 0.3 is 0 Å². The third-order valence-electron chi connectivity index (χ3n) is 2.98. The van der Waals surface area contributed by atoms with Crippen molar-refractivity contribution in [2.24, 2.45) is 0 Å². The second-order valence-electron chi connectivity index (χ2n) is 4.02. The number of benzene rings is 1. The van der Waals surface area contributed by atoms with Crippen molar-refractivity contribution >= 4 is 17.3 Å². The number of hydrogen-bond donors (Lipinski definition) is 0. The fraction of sp³-hybridized carbons (Fsp3) is 0.154. The monoisotopic (exact) mass is 231 g/mol. The largest absolute Gasteiger partial charge is 0.319 e. The first-order chi connectivity index (χ1) is 7.77. The first-order valence-corrected chi connectivity index (χ1v) is 5.64. The highest BCUT2D eigenvalue weighted by atomic mass is 35.5. The SMILES string of the molecule is CN1C[n+]2c(Cl)cccc2-c2ccccc21. The number of rotatable bonds is 0. The number of anilines is 1. The van der Waals surface area contributed by atoms with Crippen LogP contribution in [0.25, 0.3) is 11.3 Å². The Hall–Kier alpha value is -1.54. The predicted molar refractivity (Wildman–Crippen MR) is 65.5 cm³/mol. The molecule has 1 aliphatic heterocycles. The fourth-order valence-corrected chi connectivity index (χ4v) is 2.42. The predicted octanol–water partition coefficient (Wildman–Crippen LogP) is 2.70. The van der Waals surface area contributed by atoms with E-state index in [1.807, 2.05) is 12.1 Å². The molecule has 3 heteroatoms. The summed E-state index contributed by atoms with van der Waals surface area (Å²) in [6, 6.07) is 14.4. The molecule has 1 aliphatic rings. The van der Waals surface area contributed by atoms with Crippen LogP contribution in [0, 0.1) is 0 Å². The molecule has 2 aromatic rings. The first-order valence-electron chi connectivity index (χ1n) is 5.26. The van der Waals surface area contributed by atoms with Crippen molar-refractivity contribution in [2.45, 2.75) is 6.67 Å². The molecule has 0 unspecified atom stereocenters. The van der Waals surface area contributed by atoms with Gasteiger partial charge in [0.25, 0.3) is 5.15 Å². The number of halogens is 1. The van der Waals surface area contributed by atoms with Gasteiger partial charge in [0.2, 0.25) is 12.4 Å². The molecular formula is C13H12ClN2+. The molecule has 0 spiro atoms. The summed E-state index contributed by atoms with van der Waals surface area (Å²) in [5.41, 5.74) is 3.67. The van der Waals surface area contributed by atoms with Crippen molar-refractivity contribution in [3.8, 4) is 11.3 Å². The number of para-hydroxylation sites is 1. The second kappa shape index (κ2) is 3.49. The number of aromatic nitrogens is 1. The zero-order valence-electron chi connectivity index (χ0n) is 9.02. The zero-order valence-corrected chi connectivity index (χ0v) is 9.78. The zero-order chi connectivity index (χ0) is 11.1. The number of hydrogen-bond acceptors (Lipinski definition) is 1. The third-order valence-corrected chi connectivity index (χ3v) is 3.31. The van der Waals surface area contributed by atoms with Crippen molar-refractivity contribution in [1.82, 2.24) is 0 Å². The van der Waals surface area contributed by atoms with E-state index in [9.17, 15) is 0 Å². The van der Waals surface area contributed by atoms with Crippen LogP contribution in [0.4, 0.5) is 5.69 Å². The number of pyridine rings is 1. The van der Waals surface area contributed by atoms with E-state index in [0.29, 0.717) is 0 Å². The van der Waals surface area contributed by atoms with E-state index in [-0.39, 0.29) is 0 Å². The van der Waals surface area contributed by atoms with E-state index >= 15 is 0 Å². The average molecular weight is 232 g/mol. The van der Waals surface area contributed by atoms with Crippen molar-refractivity contribution in [3.05, 3.63) is 47.6 Å². The molecule has 0 fully saturated rings. The van der Waals surface area contributed by atoms with Crippen LogP contribution >= 0.6 is 11.6 Å². The van der Waals surface area contributed by atoms with Crippen LogP contribution in [0.2, 0.25) is 5.15 Å². The lowest BCUT2D eigenvalue weighted by Crippen LogP contribution is -2.48. The van der Waals surface area contributed by atoms with Gasteiger partial charge in [-0.05, 0) is 29.8 Å². The molecule has 0 saturated heterocycles. The molecule has 3 rings (SSSR count). The maximum atomic E-state index is 6.21. The Morgan fingerprint density at radius 2 is 1.94 bits per heavy atom. The average Bonchev–Trinajstić information content (AvgIpc) is 2.31. The second-order valence-corrected chi connectivity index (χ2v) is 4.41. The van der Waals surface area contributed by atoms with Crippen LogP contribution in [0.15, 0.2) is 42.5 Å². The Labute approximate surface area is 99.7 Å². The molecular weight excluding hydrogens is 220 g/mol. The summed E-state index contributed by atoms with van der Waals surface area (Å²) >= 11 is 6.21. The van der Waals surface area contributed by atoms with Gasteiger partial charge in [0, 0.05) is 19.2 Å². The van der Waals surface area contributed by atoms with E-state index in [2.05, 4.69) is 46.8 Å². The molecule has 16 heavy (non-hydrogen) atoms. The van der Waals surface area contributed by atoms with Crippen molar-refractivity contribution in [2.75, 3.05) is 11.9 Å². The minimum absolute atomic E-state index is 0.777. The lowest BCUT2D eigenvalue weighted by molar-refractivity contribution is -0.684. The lowest BCUT2D eigenvalue weighted by Gasteiger charge is -2.24. The Morgan fingerprint density at radius 1 is 1.12 bits per heavy atom. The molecule has 0 atom stereocenters. The molecule has 2 nitrogen and oxygen atoms in total. The molecule has 0 bridgehead atoms. The van der Waals surface area contributed by atoms with Gasteiger partial charge in [0.05, 0.1) is 11.3 Å². The summed E-state index contributed by atoms with van der Waals surface area (Å²) in [5, 5.41) is 0.777. The van der Waals surface area contributed by atoms with Crippen LogP contribution in [0.5, 0.6) is 0 Å². The van der Waals surface area contributed by atoms with E-state index in [4.69, 9.17) is 11.6 Å². The smallest absolute Gasteiger partial charge is 0.276 e. The molecule has 0 N–H and O–H groups in total. The minimum atomic E-state index is 0.777. The highest BCUT2D eigenvalue weighted by Gasteiger charge is 2.27. The van der Waals surface area contributed by atoms with Crippen molar-refractivity contribution in [1.29, 1.82) is 0 Å². The van der Waals surface area contributed by atoms with Crippen LogP contribution < -0.4 is 9.47 Å². The third kappa shape index (κ3) is 1.30. The van der Waals surface area contributed by atoms with Gasteiger partial charge in [0.15, 0.2) is 0 Å². The van der Waals surface area contributed by atoms with E-state index in [1.165, 1.54) is 16.9 Å². The normalized spacial score (nSPS) is 13.2. The minimum Gasteiger partial charge on any atom is -0.319 e. The molecule has 80 valence electrons. The van der Waals surface area contributed by atoms with Crippen LogP contribution in [0.1, 0.15) is 0 Å². The van der Waals surface area contributed by atoms with E-state index in [1.54, 1.807) is 0 Å². The molecule has 0 aliphatic carbocycles. The van der Waals surface area contributed by atoms with Crippen LogP contribution in [-0.4, -0.2) is 7.05 Å². The summed E-state index contributed by atoms with van der Waals surface area (Å²) in [5.74, 6) is 0. The standard InChI is InChI=1S/C13H12ClN2/c1-15-9-16-12(7-4-8-13(16)14)10-5-2-3-6-11(10)15/h2-8H,9H2,1H3/q+1. The topological polar surface area (TPSA) is 7.12 Å². The maximum absolute atomic E-state index is 6.21.